The molecule has 4 N–H and O–H groups in total. The molecule has 4 amide bonds. The molecule has 0 atom stereocenters. The molecule has 0 aliphatic rings. The molecule has 0 spiro atoms. The first-order valence-corrected chi connectivity index (χ1v) is 6.35. The van der Waals surface area contributed by atoms with Crippen molar-refractivity contribution in [3.05, 3.63) is 22.8 Å². The van der Waals surface area contributed by atoms with Crippen LogP contribution in [0.15, 0.2) is 22.8 Å². The Labute approximate surface area is 123 Å². The van der Waals surface area contributed by atoms with Gasteiger partial charge in [-0.3, -0.25) is 19.8 Å². The Hall–Kier alpha value is -2.00. The van der Waals surface area contributed by atoms with Gasteiger partial charge in [0.15, 0.2) is 0 Å². The lowest BCUT2D eigenvalue weighted by molar-refractivity contribution is -0.122. The van der Waals surface area contributed by atoms with E-state index in [1.54, 1.807) is 25.4 Å². The number of pyridine rings is 1. The van der Waals surface area contributed by atoms with E-state index in [1.165, 1.54) is 4.90 Å². The fourth-order valence-corrected chi connectivity index (χ4v) is 1.59. The van der Waals surface area contributed by atoms with Gasteiger partial charge in [-0.15, -0.1) is 0 Å². The summed E-state index contributed by atoms with van der Waals surface area (Å²) in [6.07, 6.45) is 1.56. The topological polar surface area (TPSA) is 117 Å². The summed E-state index contributed by atoms with van der Waals surface area (Å²) in [4.78, 5) is 38.8. The van der Waals surface area contributed by atoms with Crippen LogP contribution >= 0.6 is 15.9 Å². The Kier molecular flexibility index (Phi) is 6.07. The summed E-state index contributed by atoms with van der Waals surface area (Å²) in [6, 6.07) is 2.46. The van der Waals surface area contributed by atoms with Crippen molar-refractivity contribution in [2.45, 2.75) is 0 Å². The molecular formula is C11H14BrN5O3. The van der Waals surface area contributed by atoms with Gasteiger partial charge < -0.3 is 11.1 Å². The number of halogens is 1. The highest BCUT2D eigenvalue weighted by Gasteiger charge is 2.12. The number of urea groups is 1. The highest BCUT2D eigenvalue weighted by molar-refractivity contribution is 9.10. The van der Waals surface area contributed by atoms with E-state index in [4.69, 9.17) is 5.73 Å². The fourth-order valence-electron chi connectivity index (χ4n) is 1.36. The van der Waals surface area contributed by atoms with Gasteiger partial charge in [-0.05, 0) is 35.1 Å². The van der Waals surface area contributed by atoms with Gasteiger partial charge >= 0.3 is 6.03 Å². The molecule has 1 aromatic rings. The molecule has 1 aromatic heterocycles. The van der Waals surface area contributed by atoms with Crippen LogP contribution in [0, 0.1) is 0 Å². The van der Waals surface area contributed by atoms with Gasteiger partial charge in [-0.2, -0.15) is 0 Å². The quantitative estimate of drug-likeness (QED) is 0.690. The summed E-state index contributed by atoms with van der Waals surface area (Å²) in [5, 5.41) is 4.49. The van der Waals surface area contributed by atoms with Crippen molar-refractivity contribution in [1.82, 2.24) is 15.2 Å². The van der Waals surface area contributed by atoms with E-state index in [0.717, 1.165) is 4.47 Å². The molecule has 1 rings (SSSR count). The first kappa shape index (κ1) is 16.1. The van der Waals surface area contributed by atoms with Crippen molar-refractivity contribution in [2.24, 2.45) is 5.73 Å². The van der Waals surface area contributed by atoms with Crippen LogP contribution in [0.4, 0.5) is 10.6 Å². The smallest absolute Gasteiger partial charge is 0.318 e. The third-order valence-corrected chi connectivity index (χ3v) is 2.55. The normalized spacial score (nSPS) is 10.2. The lowest BCUT2D eigenvalue weighted by Crippen LogP contribution is -2.43. The summed E-state index contributed by atoms with van der Waals surface area (Å²) in [5.74, 6) is -0.489. The molecule has 1 heterocycles. The maximum absolute atomic E-state index is 11.7. The maximum Gasteiger partial charge on any atom is 0.318 e. The number of hydrogen-bond donors (Lipinski definition) is 3. The molecule has 108 valence electrons. The Morgan fingerprint density at radius 3 is 2.50 bits per heavy atom. The van der Waals surface area contributed by atoms with Crippen molar-refractivity contribution >= 4 is 39.6 Å². The van der Waals surface area contributed by atoms with Crippen LogP contribution < -0.4 is 16.4 Å². The lowest BCUT2D eigenvalue weighted by atomic mass is 10.4. The molecule has 0 fully saturated rings. The molecule has 0 unspecified atom stereocenters. The van der Waals surface area contributed by atoms with Gasteiger partial charge in [0.25, 0.3) is 0 Å². The molecule has 0 saturated carbocycles. The standard InChI is InChI=1S/C11H14BrN5O3/c1-17(6-10(19)16-11(13)20)5-9(18)15-8-3-2-7(12)4-14-8/h2-4H,5-6H2,1H3,(H,14,15,18)(H3,13,16,19,20). The number of aromatic nitrogens is 1. The molecule has 0 aliphatic carbocycles. The Bertz CT molecular complexity index is 505. The van der Waals surface area contributed by atoms with Crippen molar-refractivity contribution in [1.29, 1.82) is 0 Å². The number of amides is 4. The second-order valence-corrected chi connectivity index (χ2v) is 4.91. The summed E-state index contributed by atoms with van der Waals surface area (Å²) >= 11 is 3.23. The number of nitrogens with zero attached hydrogens (tertiary/aromatic N) is 2. The minimum Gasteiger partial charge on any atom is -0.351 e. The lowest BCUT2D eigenvalue weighted by Gasteiger charge is -2.14. The number of nitrogens with two attached hydrogens (primary N) is 1. The summed E-state index contributed by atoms with van der Waals surface area (Å²) in [7, 11) is 1.56. The van der Waals surface area contributed by atoms with Gasteiger partial charge in [0.1, 0.15) is 5.82 Å². The number of carbonyl (C=O) groups excluding carboxylic acids is 3. The fraction of sp³-hybridized carbons (Fsp3) is 0.273. The van der Waals surface area contributed by atoms with Crippen LogP contribution in [-0.2, 0) is 9.59 Å². The maximum atomic E-state index is 11.7. The highest BCUT2D eigenvalue weighted by Crippen LogP contribution is 2.10. The van der Waals surface area contributed by atoms with E-state index in [2.05, 4.69) is 26.2 Å². The number of carbonyl (C=O) groups is 3. The number of primary amides is 1. The monoisotopic (exact) mass is 343 g/mol. The van der Waals surface area contributed by atoms with Crippen molar-refractivity contribution < 1.29 is 14.4 Å². The number of nitrogens with one attached hydrogen (secondary N) is 2. The molecule has 9 heteroatoms. The zero-order valence-corrected chi connectivity index (χ0v) is 12.3. The second kappa shape index (κ2) is 7.56. The molecule has 0 aliphatic heterocycles. The average Bonchev–Trinajstić information content (AvgIpc) is 2.30. The van der Waals surface area contributed by atoms with Crippen LogP contribution in [0.1, 0.15) is 0 Å². The van der Waals surface area contributed by atoms with Gasteiger partial charge in [0.2, 0.25) is 11.8 Å². The van der Waals surface area contributed by atoms with Crippen LogP contribution in [-0.4, -0.2) is 47.9 Å². The Morgan fingerprint density at radius 2 is 1.95 bits per heavy atom. The van der Waals surface area contributed by atoms with Crippen molar-refractivity contribution in [2.75, 3.05) is 25.5 Å². The minimum absolute atomic E-state index is 0.0239. The second-order valence-electron chi connectivity index (χ2n) is 3.99. The van der Waals surface area contributed by atoms with E-state index in [-0.39, 0.29) is 19.0 Å². The third-order valence-electron chi connectivity index (χ3n) is 2.08. The number of anilines is 1. The molecule has 20 heavy (non-hydrogen) atoms. The van der Waals surface area contributed by atoms with E-state index in [1.807, 2.05) is 5.32 Å². The zero-order valence-electron chi connectivity index (χ0n) is 10.7. The number of hydrogen-bond acceptors (Lipinski definition) is 5. The van der Waals surface area contributed by atoms with Crippen LogP contribution in [0.3, 0.4) is 0 Å². The molecule has 0 saturated heterocycles. The van der Waals surface area contributed by atoms with Crippen LogP contribution in [0.5, 0.6) is 0 Å². The third kappa shape index (κ3) is 6.25. The SMILES string of the molecule is CN(CC(=O)NC(N)=O)CC(=O)Nc1ccc(Br)cn1. The summed E-state index contributed by atoms with van der Waals surface area (Å²) in [6.45, 7) is -0.145. The number of likely N-dealkylation sites (N-methyl/N-ethyl adjacent to an activating group) is 1. The highest BCUT2D eigenvalue weighted by atomic mass is 79.9. The number of imide groups is 1. The first-order chi connectivity index (χ1) is 9.36. The molecule has 0 bridgehead atoms. The Balaban J connectivity index is 2.39. The van der Waals surface area contributed by atoms with Crippen LogP contribution in [0.25, 0.3) is 0 Å². The molecular weight excluding hydrogens is 330 g/mol. The Morgan fingerprint density at radius 1 is 1.30 bits per heavy atom. The van der Waals surface area contributed by atoms with E-state index < -0.39 is 11.9 Å². The average molecular weight is 344 g/mol. The van der Waals surface area contributed by atoms with E-state index in [9.17, 15) is 14.4 Å². The first-order valence-electron chi connectivity index (χ1n) is 5.56. The zero-order chi connectivity index (χ0) is 15.1. The van der Waals surface area contributed by atoms with Gasteiger partial charge in [-0.25, -0.2) is 9.78 Å². The van der Waals surface area contributed by atoms with Crippen molar-refractivity contribution in [3.63, 3.8) is 0 Å². The largest absolute Gasteiger partial charge is 0.351 e. The number of rotatable bonds is 5. The van der Waals surface area contributed by atoms with E-state index >= 15 is 0 Å². The predicted molar refractivity (Wildman–Crippen MR) is 75.8 cm³/mol. The predicted octanol–water partition coefficient (Wildman–Crippen LogP) is -0.0907. The molecule has 0 aromatic carbocycles. The summed E-state index contributed by atoms with van der Waals surface area (Å²) in [5.41, 5.74) is 4.80. The van der Waals surface area contributed by atoms with Crippen molar-refractivity contribution in [3.8, 4) is 0 Å². The molecule has 0 radical (unpaired) electrons. The van der Waals surface area contributed by atoms with Gasteiger partial charge in [0.05, 0.1) is 13.1 Å². The summed E-state index contributed by atoms with van der Waals surface area (Å²) < 4.78 is 0.802. The van der Waals surface area contributed by atoms with E-state index in [0.29, 0.717) is 5.82 Å². The van der Waals surface area contributed by atoms with Gasteiger partial charge in [0, 0.05) is 10.7 Å². The molecule has 8 nitrogen and oxygen atoms in total. The minimum atomic E-state index is -0.924. The van der Waals surface area contributed by atoms with Crippen LogP contribution in [0.2, 0.25) is 0 Å². The van der Waals surface area contributed by atoms with Gasteiger partial charge in [-0.1, -0.05) is 0 Å².